The van der Waals surface area contributed by atoms with Crippen LogP contribution in [0.25, 0.3) is 0 Å². The van der Waals surface area contributed by atoms with Crippen molar-refractivity contribution in [2.45, 2.75) is 57.4 Å². The minimum Gasteiger partial charge on any atom is -0.416 e. The number of ether oxygens (including phenoxy) is 1. The number of hydrogen-bond donors (Lipinski definition) is 0. The molecule has 0 N–H and O–H groups in total. The minimum absolute atomic E-state index is 0.0216. The Morgan fingerprint density at radius 2 is 2.13 bits per heavy atom. The van der Waals surface area contributed by atoms with Crippen molar-refractivity contribution >= 4 is 27.4 Å². The first kappa shape index (κ1) is 21.6. The standard InChI is InChI=1S/C20H27N3O5S2/c1-13-8-17(14(2)23(13)10-16-4-3-6-27-16)18(24)11-29-20-22-21-19(28-20)9-15-5-7-30(25,26)12-15/h8,15-16H,3-7,9-12H2,1-2H3. The number of thioether (sulfide) groups is 1. The van der Waals surface area contributed by atoms with Gasteiger partial charge in [0.1, 0.15) is 0 Å². The molecule has 164 valence electrons. The van der Waals surface area contributed by atoms with Crippen LogP contribution in [0.4, 0.5) is 0 Å². The summed E-state index contributed by atoms with van der Waals surface area (Å²) in [6.45, 7) is 5.58. The van der Waals surface area contributed by atoms with E-state index in [9.17, 15) is 13.2 Å². The molecule has 2 aliphatic rings. The van der Waals surface area contributed by atoms with Crippen LogP contribution in [0, 0.1) is 19.8 Å². The number of aryl methyl sites for hydroxylation is 1. The molecule has 2 saturated heterocycles. The van der Waals surface area contributed by atoms with Gasteiger partial charge in [0.25, 0.3) is 5.22 Å². The first-order valence-electron chi connectivity index (χ1n) is 10.3. The maximum atomic E-state index is 12.8. The summed E-state index contributed by atoms with van der Waals surface area (Å²) in [7, 11) is -2.92. The smallest absolute Gasteiger partial charge is 0.277 e. The van der Waals surface area contributed by atoms with Crippen molar-refractivity contribution in [3.8, 4) is 0 Å². The van der Waals surface area contributed by atoms with E-state index >= 15 is 0 Å². The van der Waals surface area contributed by atoms with Gasteiger partial charge >= 0.3 is 0 Å². The highest BCUT2D eigenvalue weighted by molar-refractivity contribution is 7.99. The second-order valence-corrected chi connectivity index (χ2v) is 11.3. The largest absolute Gasteiger partial charge is 0.416 e. The van der Waals surface area contributed by atoms with E-state index in [1.807, 2.05) is 19.9 Å². The number of Topliss-reactive ketones (excluding diaryl/α,β-unsaturated/α-hetero) is 1. The summed E-state index contributed by atoms with van der Waals surface area (Å²) in [5.74, 6) is 1.11. The molecule has 2 aliphatic heterocycles. The van der Waals surface area contributed by atoms with Gasteiger partial charge in [0.2, 0.25) is 5.89 Å². The van der Waals surface area contributed by atoms with E-state index in [0.29, 0.717) is 29.5 Å². The topological polar surface area (TPSA) is 104 Å². The van der Waals surface area contributed by atoms with Gasteiger partial charge in [-0.3, -0.25) is 4.79 Å². The normalized spacial score (nSPS) is 23.3. The molecule has 0 saturated carbocycles. The third-order valence-corrected chi connectivity index (χ3v) is 8.50. The molecule has 0 radical (unpaired) electrons. The van der Waals surface area contributed by atoms with E-state index < -0.39 is 9.84 Å². The highest BCUT2D eigenvalue weighted by Crippen LogP contribution is 2.26. The molecular weight excluding hydrogens is 426 g/mol. The lowest BCUT2D eigenvalue weighted by atomic mass is 10.1. The van der Waals surface area contributed by atoms with Gasteiger partial charge < -0.3 is 13.7 Å². The molecule has 2 atom stereocenters. The maximum Gasteiger partial charge on any atom is 0.277 e. The molecular formula is C20H27N3O5S2. The molecule has 2 unspecified atom stereocenters. The Morgan fingerprint density at radius 1 is 1.30 bits per heavy atom. The summed E-state index contributed by atoms with van der Waals surface area (Å²) < 4.78 is 36.7. The zero-order chi connectivity index (χ0) is 21.3. The number of nitrogens with zero attached hydrogens (tertiary/aromatic N) is 3. The lowest BCUT2D eigenvalue weighted by Crippen LogP contribution is -2.17. The fraction of sp³-hybridized carbons (Fsp3) is 0.650. The third-order valence-electron chi connectivity index (χ3n) is 5.85. The molecule has 0 aliphatic carbocycles. The Balaban J connectivity index is 1.33. The first-order chi connectivity index (χ1) is 14.3. The van der Waals surface area contributed by atoms with Gasteiger partial charge in [0, 0.05) is 36.5 Å². The van der Waals surface area contributed by atoms with Crippen LogP contribution in [0.15, 0.2) is 15.7 Å². The summed E-state index contributed by atoms with van der Waals surface area (Å²) in [5, 5.41) is 8.35. The van der Waals surface area contributed by atoms with Gasteiger partial charge in [0.15, 0.2) is 15.6 Å². The molecule has 10 heteroatoms. The number of hydrogen-bond acceptors (Lipinski definition) is 8. The van der Waals surface area contributed by atoms with Gasteiger partial charge in [-0.25, -0.2) is 8.42 Å². The molecule has 2 fully saturated rings. The predicted octanol–water partition coefficient (Wildman–Crippen LogP) is 2.62. The number of sulfone groups is 1. The highest BCUT2D eigenvalue weighted by Gasteiger charge is 2.29. The molecule has 8 nitrogen and oxygen atoms in total. The number of carbonyl (C=O) groups is 1. The molecule has 2 aromatic rings. The van der Waals surface area contributed by atoms with Crippen LogP contribution in [-0.4, -0.2) is 58.9 Å². The van der Waals surface area contributed by atoms with Crippen LogP contribution < -0.4 is 0 Å². The molecule has 0 aromatic carbocycles. The summed E-state index contributed by atoms with van der Waals surface area (Å²) >= 11 is 1.22. The fourth-order valence-corrected chi connectivity index (χ4v) is 6.75. The van der Waals surface area contributed by atoms with Crippen LogP contribution >= 0.6 is 11.8 Å². The van der Waals surface area contributed by atoms with Gasteiger partial charge in [0.05, 0.1) is 23.4 Å². The molecule has 0 spiro atoms. The highest BCUT2D eigenvalue weighted by atomic mass is 32.2. The van der Waals surface area contributed by atoms with E-state index in [1.165, 1.54) is 11.8 Å². The molecule has 30 heavy (non-hydrogen) atoms. The van der Waals surface area contributed by atoms with E-state index in [0.717, 1.165) is 37.4 Å². The van der Waals surface area contributed by atoms with Crippen molar-refractivity contribution in [3.05, 3.63) is 28.9 Å². The maximum absolute atomic E-state index is 12.8. The summed E-state index contributed by atoms with van der Waals surface area (Å²) in [5.41, 5.74) is 2.74. The Kier molecular flexibility index (Phi) is 6.36. The molecule has 0 amide bonds. The van der Waals surface area contributed by atoms with Crippen molar-refractivity contribution in [2.24, 2.45) is 5.92 Å². The molecule has 4 rings (SSSR count). The van der Waals surface area contributed by atoms with Crippen molar-refractivity contribution in [1.82, 2.24) is 14.8 Å². The lowest BCUT2D eigenvalue weighted by molar-refractivity contribution is 0.0957. The Bertz CT molecular complexity index is 1020. The quantitative estimate of drug-likeness (QED) is 0.444. The number of aromatic nitrogens is 3. The lowest BCUT2D eigenvalue weighted by Gasteiger charge is -2.14. The Morgan fingerprint density at radius 3 is 2.83 bits per heavy atom. The van der Waals surface area contributed by atoms with Crippen LogP contribution in [0.1, 0.15) is 46.9 Å². The van der Waals surface area contributed by atoms with Gasteiger partial charge in [-0.2, -0.15) is 0 Å². The fourth-order valence-electron chi connectivity index (χ4n) is 4.22. The Labute approximate surface area is 180 Å². The second kappa shape index (κ2) is 8.84. The van der Waals surface area contributed by atoms with E-state index in [2.05, 4.69) is 14.8 Å². The monoisotopic (exact) mass is 453 g/mol. The van der Waals surface area contributed by atoms with Crippen LogP contribution in [-0.2, 0) is 27.5 Å². The zero-order valence-electron chi connectivity index (χ0n) is 17.3. The van der Waals surface area contributed by atoms with E-state index in [4.69, 9.17) is 9.15 Å². The minimum atomic E-state index is -2.92. The second-order valence-electron chi connectivity index (χ2n) is 8.18. The van der Waals surface area contributed by atoms with Crippen LogP contribution in [0.5, 0.6) is 0 Å². The molecule has 4 heterocycles. The van der Waals surface area contributed by atoms with Crippen molar-refractivity contribution in [1.29, 1.82) is 0 Å². The average Bonchev–Trinajstić information content (AvgIpc) is 3.47. The number of rotatable bonds is 8. The average molecular weight is 454 g/mol. The van der Waals surface area contributed by atoms with E-state index in [-0.39, 0.29) is 35.1 Å². The van der Waals surface area contributed by atoms with Gasteiger partial charge in [-0.05, 0) is 45.1 Å². The number of carbonyl (C=O) groups excluding carboxylic acids is 1. The summed E-state index contributed by atoms with van der Waals surface area (Å²) in [6.07, 6.45) is 3.47. The SMILES string of the molecule is Cc1cc(C(=O)CSc2nnc(CC3CCS(=O)(=O)C3)o2)c(C)n1CC1CCCO1. The van der Waals surface area contributed by atoms with Gasteiger partial charge in [-0.1, -0.05) is 11.8 Å². The van der Waals surface area contributed by atoms with Crippen molar-refractivity contribution < 1.29 is 22.4 Å². The predicted molar refractivity (Wildman–Crippen MR) is 113 cm³/mol. The van der Waals surface area contributed by atoms with Crippen molar-refractivity contribution in [3.63, 3.8) is 0 Å². The third kappa shape index (κ3) is 4.97. The van der Waals surface area contributed by atoms with Crippen LogP contribution in [0.3, 0.4) is 0 Å². The van der Waals surface area contributed by atoms with Crippen molar-refractivity contribution in [2.75, 3.05) is 23.9 Å². The molecule has 0 bridgehead atoms. The Hall–Kier alpha value is -1.65. The summed E-state index contributed by atoms with van der Waals surface area (Å²) in [4.78, 5) is 12.8. The number of ketones is 1. The summed E-state index contributed by atoms with van der Waals surface area (Å²) in [6, 6.07) is 1.94. The van der Waals surface area contributed by atoms with Crippen LogP contribution in [0.2, 0.25) is 0 Å². The molecule has 2 aromatic heterocycles. The van der Waals surface area contributed by atoms with Gasteiger partial charge in [-0.15, -0.1) is 10.2 Å². The first-order valence-corrected chi connectivity index (χ1v) is 13.1. The zero-order valence-corrected chi connectivity index (χ0v) is 18.9. The van der Waals surface area contributed by atoms with E-state index in [1.54, 1.807) is 0 Å².